The van der Waals surface area contributed by atoms with Gasteiger partial charge in [-0.05, 0) is 60.5 Å². The molecule has 0 heterocycles. The van der Waals surface area contributed by atoms with Gasteiger partial charge >= 0.3 is 0 Å². The quantitative estimate of drug-likeness (QED) is 0.192. The lowest BCUT2D eigenvalue weighted by molar-refractivity contribution is -0.140. The van der Waals surface area contributed by atoms with E-state index in [1.165, 1.54) is 36.3 Å². The Morgan fingerprint density at radius 3 is 2.11 bits per heavy atom. The summed E-state index contributed by atoms with van der Waals surface area (Å²) in [5.74, 6) is -0.782. The summed E-state index contributed by atoms with van der Waals surface area (Å²) in [7, 11) is -2.90. The molecule has 4 aromatic carbocycles. The van der Waals surface area contributed by atoms with Gasteiger partial charge in [0.15, 0.2) is 0 Å². The highest BCUT2D eigenvalue weighted by atomic mass is 35.5. The van der Waals surface area contributed by atoms with Crippen LogP contribution in [0.15, 0.2) is 108 Å². The van der Waals surface area contributed by atoms with Gasteiger partial charge in [-0.2, -0.15) is 0 Å². The third-order valence-electron chi connectivity index (χ3n) is 6.88. The first kappa shape index (κ1) is 32.9. The normalized spacial score (nSPS) is 11.8. The standard InChI is InChI=1S/C33H33Cl2N3O5S/c1-3-36-33(40)30(20-24-11-6-4-7-12-24)37(22-25-13-10-14-26(34)19-25)32(39)23-38(29-21-27(35)17-18-31(29)43-2)44(41,42)28-15-8-5-9-16-28/h4-19,21,30H,3,20,22-23H2,1-2H3,(H,36,40)/t30-/m1/s1. The molecule has 230 valence electrons. The predicted molar refractivity (Wildman–Crippen MR) is 174 cm³/mol. The molecule has 0 aliphatic carbocycles. The van der Waals surface area contributed by atoms with E-state index in [-0.39, 0.29) is 40.2 Å². The number of anilines is 1. The van der Waals surface area contributed by atoms with Crippen LogP contribution in [0.25, 0.3) is 0 Å². The van der Waals surface area contributed by atoms with Gasteiger partial charge in [-0.25, -0.2) is 8.42 Å². The van der Waals surface area contributed by atoms with Crippen molar-refractivity contribution in [3.63, 3.8) is 0 Å². The number of rotatable bonds is 13. The lowest BCUT2D eigenvalue weighted by Gasteiger charge is -2.34. The molecule has 0 saturated carbocycles. The van der Waals surface area contributed by atoms with E-state index in [9.17, 15) is 18.0 Å². The van der Waals surface area contributed by atoms with Crippen LogP contribution in [-0.4, -0.2) is 51.4 Å². The molecule has 4 aromatic rings. The van der Waals surface area contributed by atoms with Crippen molar-refractivity contribution in [2.75, 3.05) is 24.5 Å². The number of likely N-dealkylation sites (N-methyl/N-ethyl adjacent to an activating group) is 1. The number of carbonyl (C=O) groups is 2. The van der Waals surface area contributed by atoms with Crippen LogP contribution in [0.5, 0.6) is 5.75 Å². The predicted octanol–water partition coefficient (Wildman–Crippen LogP) is 5.97. The number of hydrogen-bond donors (Lipinski definition) is 1. The number of hydrogen-bond acceptors (Lipinski definition) is 5. The molecule has 0 radical (unpaired) electrons. The minimum absolute atomic E-state index is 0.0000662. The number of benzene rings is 4. The van der Waals surface area contributed by atoms with Gasteiger partial charge in [-0.1, -0.05) is 83.9 Å². The highest BCUT2D eigenvalue weighted by Gasteiger charge is 2.35. The van der Waals surface area contributed by atoms with Crippen LogP contribution >= 0.6 is 23.2 Å². The van der Waals surface area contributed by atoms with Crippen molar-refractivity contribution < 1.29 is 22.7 Å². The number of halogens is 2. The Labute approximate surface area is 268 Å². The summed E-state index contributed by atoms with van der Waals surface area (Å²) < 4.78 is 34.7. The van der Waals surface area contributed by atoms with Crippen LogP contribution in [0.2, 0.25) is 10.0 Å². The van der Waals surface area contributed by atoms with Crippen LogP contribution < -0.4 is 14.4 Å². The first-order valence-electron chi connectivity index (χ1n) is 13.9. The molecule has 0 saturated heterocycles. The van der Waals surface area contributed by atoms with Crippen molar-refractivity contribution in [3.8, 4) is 5.75 Å². The molecule has 2 amide bonds. The highest BCUT2D eigenvalue weighted by Crippen LogP contribution is 2.35. The van der Waals surface area contributed by atoms with Gasteiger partial charge in [-0.15, -0.1) is 0 Å². The maximum absolute atomic E-state index is 14.5. The zero-order valence-electron chi connectivity index (χ0n) is 24.3. The fourth-order valence-electron chi connectivity index (χ4n) is 4.77. The maximum atomic E-state index is 14.5. The fraction of sp³-hybridized carbons (Fsp3) is 0.212. The van der Waals surface area contributed by atoms with E-state index in [4.69, 9.17) is 27.9 Å². The van der Waals surface area contributed by atoms with Gasteiger partial charge in [-0.3, -0.25) is 13.9 Å². The molecular formula is C33H33Cl2N3O5S. The van der Waals surface area contributed by atoms with Gasteiger partial charge in [0, 0.05) is 29.6 Å². The summed E-state index contributed by atoms with van der Waals surface area (Å²) in [5, 5.41) is 3.55. The second-order valence-electron chi connectivity index (χ2n) is 9.89. The fourth-order valence-corrected chi connectivity index (χ4v) is 6.59. The summed E-state index contributed by atoms with van der Waals surface area (Å²) >= 11 is 12.6. The van der Waals surface area contributed by atoms with Crippen LogP contribution in [0.3, 0.4) is 0 Å². The molecule has 0 aliphatic heterocycles. The molecule has 0 aliphatic rings. The molecule has 0 spiro atoms. The monoisotopic (exact) mass is 653 g/mol. The zero-order valence-corrected chi connectivity index (χ0v) is 26.6. The van der Waals surface area contributed by atoms with E-state index in [2.05, 4.69) is 5.32 Å². The van der Waals surface area contributed by atoms with Crippen molar-refractivity contribution in [2.45, 2.75) is 30.8 Å². The van der Waals surface area contributed by atoms with E-state index in [0.717, 1.165) is 9.87 Å². The average Bonchev–Trinajstić information content (AvgIpc) is 3.02. The van der Waals surface area contributed by atoms with Gasteiger partial charge in [0.1, 0.15) is 18.3 Å². The van der Waals surface area contributed by atoms with Crippen molar-refractivity contribution in [1.29, 1.82) is 0 Å². The van der Waals surface area contributed by atoms with Gasteiger partial charge < -0.3 is 15.0 Å². The molecule has 1 N–H and O–H groups in total. The summed E-state index contributed by atoms with van der Waals surface area (Å²) in [4.78, 5) is 29.4. The van der Waals surface area contributed by atoms with E-state index in [0.29, 0.717) is 17.1 Å². The molecule has 0 aromatic heterocycles. The molecular weight excluding hydrogens is 621 g/mol. The number of ether oxygens (including phenoxy) is 1. The van der Waals surface area contributed by atoms with Crippen LogP contribution in [0, 0.1) is 0 Å². The summed E-state index contributed by atoms with van der Waals surface area (Å²) in [6.45, 7) is 1.50. The van der Waals surface area contributed by atoms with Crippen molar-refractivity contribution in [1.82, 2.24) is 10.2 Å². The number of sulfonamides is 1. The second kappa shape index (κ2) is 15.1. The molecule has 8 nitrogen and oxygen atoms in total. The third-order valence-corrected chi connectivity index (χ3v) is 9.13. The molecule has 0 fully saturated rings. The molecule has 44 heavy (non-hydrogen) atoms. The van der Waals surface area contributed by atoms with Gasteiger partial charge in [0.25, 0.3) is 10.0 Å². The molecule has 11 heteroatoms. The first-order chi connectivity index (χ1) is 21.1. The van der Waals surface area contributed by atoms with Crippen LogP contribution in [-0.2, 0) is 32.6 Å². The number of methoxy groups -OCH3 is 1. The summed E-state index contributed by atoms with van der Waals surface area (Å²) in [5.41, 5.74) is 1.58. The number of nitrogens with zero attached hydrogens (tertiary/aromatic N) is 2. The Kier molecular flexibility index (Phi) is 11.3. The largest absolute Gasteiger partial charge is 0.495 e. The Morgan fingerprint density at radius 1 is 0.841 bits per heavy atom. The van der Waals surface area contributed by atoms with Crippen molar-refractivity contribution in [2.24, 2.45) is 0 Å². The minimum atomic E-state index is -4.30. The summed E-state index contributed by atoms with van der Waals surface area (Å²) in [6.07, 6.45) is 0.199. The Hall–Kier alpha value is -4.05. The molecule has 0 bridgehead atoms. The number of carbonyl (C=O) groups excluding carboxylic acids is 2. The van der Waals surface area contributed by atoms with Crippen LogP contribution in [0.4, 0.5) is 5.69 Å². The van der Waals surface area contributed by atoms with E-state index < -0.39 is 28.5 Å². The Bertz CT molecular complexity index is 1690. The van der Waals surface area contributed by atoms with Crippen molar-refractivity contribution >= 4 is 50.7 Å². The maximum Gasteiger partial charge on any atom is 0.264 e. The van der Waals surface area contributed by atoms with Gasteiger partial charge in [0.05, 0.1) is 17.7 Å². The molecule has 1 atom stereocenters. The minimum Gasteiger partial charge on any atom is -0.495 e. The van der Waals surface area contributed by atoms with E-state index in [1.807, 2.05) is 30.3 Å². The first-order valence-corrected chi connectivity index (χ1v) is 16.1. The number of amides is 2. The zero-order chi connectivity index (χ0) is 31.7. The van der Waals surface area contributed by atoms with Crippen molar-refractivity contribution in [3.05, 3.63) is 124 Å². The SMILES string of the molecule is CCNC(=O)[C@@H](Cc1ccccc1)N(Cc1cccc(Cl)c1)C(=O)CN(c1cc(Cl)ccc1OC)S(=O)(=O)c1ccccc1. The lowest BCUT2D eigenvalue weighted by atomic mass is 10.0. The van der Waals surface area contributed by atoms with E-state index >= 15 is 0 Å². The highest BCUT2D eigenvalue weighted by molar-refractivity contribution is 7.92. The van der Waals surface area contributed by atoms with Crippen LogP contribution in [0.1, 0.15) is 18.1 Å². The lowest BCUT2D eigenvalue weighted by Crippen LogP contribution is -2.53. The Morgan fingerprint density at radius 2 is 1.48 bits per heavy atom. The summed E-state index contributed by atoms with van der Waals surface area (Å²) in [6, 6.07) is 27.6. The Balaban J connectivity index is 1.84. The number of nitrogens with one attached hydrogen (secondary N) is 1. The smallest absolute Gasteiger partial charge is 0.264 e. The van der Waals surface area contributed by atoms with Gasteiger partial charge in [0.2, 0.25) is 11.8 Å². The average molecular weight is 655 g/mol. The third kappa shape index (κ3) is 8.11. The molecule has 0 unspecified atom stereocenters. The van der Waals surface area contributed by atoms with E-state index in [1.54, 1.807) is 55.5 Å². The second-order valence-corrected chi connectivity index (χ2v) is 12.6. The molecule has 4 rings (SSSR count). The topological polar surface area (TPSA) is 96.0 Å².